The molecule has 0 aromatic heterocycles. The summed E-state index contributed by atoms with van der Waals surface area (Å²) in [4.78, 5) is 26.3. The Kier molecular flexibility index (Phi) is 7.92. The van der Waals surface area contributed by atoms with E-state index in [4.69, 9.17) is 4.74 Å². The van der Waals surface area contributed by atoms with Gasteiger partial charge in [-0.05, 0) is 60.1 Å². The summed E-state index contributed by atoms with van der Waals surface area (Å²) in [5.41, 5.74) is 2.01. The van der Waals surface area contributed by atoms with Crippen molar-refractivity contribution in [3.63, 3.8) is 0 Å². The fraction of sp³-hybridized carbons (Fsp3) is 0.440. The SMILES string of the molecule is CC(C)(C)c1ccc(S(=O)(=O)NCc2ccc(C(=O)OCC(=O)N3CCCCC3)cc2)cc1. The molecular formula is C25H32N2O5S. The first-order valence-corrected chi connectivity index (χ1v) is 12.7. The minimum absolute atomic E-state index is 0.0561. The van der Waals surface area contributed by atoms with Crippen LogP contribution in [0.5, 0.6) is 0 Å². The van der Waals surface area contributed by atoms with E-state index in [1.807, 2.05) is 12.1 Å². The van der Waals surface area contributed by atoms with Crippen molar-refractivity contribution in [2.24, 2.45) is 0 Å². The van der Waals surface area contributed by atoms with Crippen molar-refractivity contribution in [3.05, 3.63) is 65.2 Å². The molecule has 1 N–H and O–H groups in total. The van der Waals surface area contributed by atoms with Gasteiger partial charge in [-0.3, -0.25) is 4.79 Å². The lowest BCUT2D eigenvalue weighted by atomic mass is 9.87. The number of rotatable bonds is 7. The zero-order valence-corrected chi connectivity index (χ0v) is 20.3. The summed E-state index contributed by atoms with van der Waals surface area (Å²) >= 11 is 0. The number of hydrogen-bond donors (Lipinski definition) is 1. The smallest absolute Gasteiger partial charge is 0.338 e. The van der Waals surface area contributed by atoms with Gasteiger partial charge in [-0.15, -0.1) is 0 Å². The van der Waals surface area contributed by atoms with E-state index < -0.39 is 16.0 Å². The van der Waals surface area contributed by atoms with Gasteiger partial charge in [0.2, 0.25) is 10.0 Å². The van der Waals surface area contributed by atoms with Gasteiger partial charge in [0.1, 0.15) is 0 Å². The zero-order chi connectivity index (χ0) is 24.1. The first-order valence-electron chi connectivity index (χ1n) is 11.2. The molecule has 1 fully saturated rings. The standard InChI is InChI=1S/C25H32N2O5S/c1-25(2,3)21-11-13-22(14-12-21)33(30,31)26-17-19-7-9-20(10-8-19)24(29)32-18-23(28)27-15-5-4-6-16-27/h7-14,26H,4-6,15-18H2,1-3H3. The van der Waals surface area contributed by atoms with Gasteiger partial charge in [0, 0.05) is 19.6 Å². The maximum absolute atomic E-state index is 12.6. The van der Waals surface area contributed by atoms with Crippen molar-refractivity contribution >= 4 is 21.9 Å². The fourth-order valence-corrected chi connectivity index (χ4v) is 4.62. The van der Waals surface area contributed by atoms with E-state index >= 15 is 0 Å². The van der Waals surface area contributed by atoms with Gasteiger partial charge >= 0.3 is 5.97 Å². The molecule has 33 heavy (non-hydrogen) atoms. The first kappa shape index (κ1) is 24.9. The van der Waals surface area contributed by atoms with Crippen molar-refractivity contribution in [2.45, 2.75) is 56.9 Å². The average molecular weight is 473 g/mol. The van der Waals surface area contributed by atoms with Gasteiger partial charge < -0.3 is 9.64 Å². The number of benzene rings is 2. The molecular weight excluding hydrogens is 440 g/mol. The number of hydrogen-bond acceptors (Lipinski definition) is 5. The maximum atomic E-state index is 12.6. The molecule has 0 aliphatic carbocycles. The molecule has 1 heterocycles. The quantitative estimate of drug-likeness (QED) is 0.621. The number of nitrogens with zero attached hydrogens (tertiary/aromatic N) is 1. The minimum atomic E-state index is -3.66. The summed E-state index contributed by atoms with van der Waals surface area (Å²) in [6.45, 7) is 7.45. The second kappa shape index (κ2) is 10.5. The second-order valence-electron chi connectivity index (χ2n) is 9.31. The second-order valence-corrected chi connectivity index (χ2v) is 11.1. The van der Waals surface area contributed by atoms with Crippen LogP contribution in [0.15, 0.2) is 53.4 Å². The van der Waals surface area contributed by atoms with E-state index in [-0.39, 0.29) is 29.4 Å². The van der Waals surface area contributed by atoms with Gasteiger partial charge in [-0.25, -0.2) is 17.9 Å². The van der Waals surface area contributed by atoms with E-state index in [0.717, 1.165) is 24.8 Å². The minimum Gasteiger partial charge on any atom is -0.452 e. The largest absolute Gasteiger partial charge is 0.452 e. The van der Waals surface area contributed by atoms with Crippen molar-refractivity contribution in [1.29, 1.82) is 0 Å². The highest BCUT2D eigenvalue weighted by Crippen LogP contribution is 2.23. The molecule has 1 aliphatic rings. The molecule has 1 saturated heterocycles. The van der Waals surface area contributed by atoms with Crippen LogP contribution in [-0.4, -0.2) is 44.9 Å². The summed E-state index contributed by atoms with van der Waals surface area (Å²) < 4.78 is 32.9. The Morgan fingerprint density at radius 1 is 0.939 bits per heavy atom. The number of carbonyl (C=O) groups excluding carboxylic acids is 2. The first-order chi connectivity index (χ1) is 15.6. The van der Waals surface area contributed by atoms with E-state index in [2.05, 4.69) is 25.5 Å². The summed E-state index contributed by atoms with van der Waals surface area (Å²) in [7, 11) is -3.66. The molecule has 7 nitrogen and oxygen atoms in total. The zero-order valence-electron chi connectivity index (χ0n) is 19.5. The van der Waals surface area contributed by atoms with Gasteiger partial charge in [0.15, 0.2) is 6.61 Å². The average Bonchev–Trinajstić information content (AvgIpc) is 2.81. The number of ether oxygens (including phenoxy) is 1. The van der Waals surface area contributed by atoms with Crippen molar-refractivity contribution in [3.8, 4) is 0 Å². The Morgan fingerprint density at radius 3 is 2.12 bits per heavy atom. The summed E-state index contributed by atoms with van der Waals surface area (Å²) in [5, 5.41) is 0. The Morgan fingerprint density at radius 2 is 1.55 bits per heavy atom. The lowest BCUT2D eigenvalue weighted by Gasteiger charge is -2.26. The molecule has 178 valence electrons. The number of nitrogens with one attached hydrogen (secondary N) is 1. The van der Waals surface area contributed by atoms with Crippen molar-refractivity contribution < 1.29 is 22.7 Å². The molecule has 0 radical (unpaired) electrons. The van der Waals surface area contributed by atoms with E-state index in [1.54, 1.807) is 41.3 Å². The summed E-state index contributed by atoms with van der Waals surface area (Å²) in [6.07, 6.45) is 3.08. The van der Waals surface area contributed by atoms with Gasteiger partial charge in [0.05, 0.1) is 10.5 Å². The highest BCUT2D eigenvalue weighted by molar-refractivity contribution is 7.89. The van der Waals surface area contributed by atoms with Crippen molar-refractivity contribution in [1.82, 2.24) is 9.62 Å². The third-order valence-electron chi connectivity index (χ3n) is 5.72. The van der Waals surface area contributed by atoms with Crippen LogP contribution in [0.25, 0.3) is 0 Å². The predicted molar refractivity (Wildman–Crippen MR) is 126 cm³/mol. The van der Waals surface area contributed by atoms with Crippen LogP contribution >= 0.6 is 0 Å². The number of piperidine rings is 1. The third kappa shape index (κ3) is 6.88. The Hall–Kier alpha value is -2.71. The maximum Gasteiger partial charge on any atom is 0.338 e. The highest BCUT2D eigenvalue weighted by Gasteiger charge is 2.19. The third-order valence-corrected chi connectivity index (χ3v) is 7.14. The van der Waals surface area contributed by atoms with E-state index in [1.165, 1.54) is 0 Å². The van der Waals surface area contributed by atoms with Gasteiger partial charge in [0.25, 0.3) is 5.91 Å². The Balaban J connectivity index is 1.52. The van der Waals surface area contributed by atoms with Crippen LogP contribution in [0, 0.1) is 0 Å². The van der Waals surface area contributed by atoms with Crippen LogP contribution < -0.4 is 4.72 Å². The number of carbonyl (C=O) groups is 2. The molecule has 0 atom stereocenters. The molecule has 1 aliphatic heterocycles. The highest BCUT2D eigenvalue weighted by atomic mass is 32.2. The molecule has 0 saturated carbocycles. The Bertz CT molecular complexity index is 1070. The number of likely N-dealkylation sites (tertiary alicyclic amines) is 1. The number of sulfonamides is 1. The Labute approximate surface area is 196 Å². The lowest BCUT2D eigenvalue weighted by Crippen LogP contribution is -2.38. The van der Waals surface area contributed by atoms with E-state index in [9.17, 15) is 18.0 Å². The number of amides is 1. The molecule has 0 bridgehead atoms. The molecule has 2 aromatic rings. The normalized spacial score (nSPS) is 14.7. The van der Waals surface area contributed by atoms with Crippen molar-refractivity contribution in [2.75, 3.05) is 19.7 Å². The number of esters is 1. The molecule has 0 unspecified atom stereocenters. The summed E-state index contributed by atoms with van der Waals surface area (Å²) in [5.74, 6) is -0.754. The van der Waals surface area contributed by atoms with Crippen LogP contribution in [-0.2, 0) is 31.5 Å². The summed E-state index contributed by atoms with van der Waals surface area (Å²) in [6, 6.07) is 13.3. The monoisotopic (exact) mass is 472 g/mol. The van der Waals surface area contributed by atoms with Gasteiger partial charge in [-0.1, -0.05) is 45.0 Å². The molecule has 2 aromatic carbocycles. The van der Waals surface area contributed by atoms with Crippen LogP contribution in [0.2, 0.25) is 0 Å². The van der Waals surface area contributed by atoms with Gasteiger partial charge in [-0.2, -0.15) is 0 Å². The topological polar surface area (TPSA) is 92.8 Å². The fourth-order valence-electron chi connectivity index (χ4n) is 3.60. The van der Waals surface area contributed by atoms with E-state index in [0.29, 0.717) is 24.2 Å². The predicted octanol–water partition coefficient (Wildman–Crippen LogP) is 3.63. The molecule has 0 spiro atoms. The van der Waals surface area contributed by atoms with Crippen LogP contribution in [0.4, 0.5) is 0 Å². The molecule has 8 heteroatoms. The molecule has 1 amide bonds. The molecule has 3 rings (SSSR count). The van der Waals surface area contributed by atoms with Crippen LogP contribution in [0.3, 0.4) is 0 Å². The van der Waals surface area contributed by atoms with Crippen LogP contribution in [0.1, 0.15) is 61.5 Å². The lowest BCUT2D eigenvalue weighted by molar-refractivity contribution is -0.135.